The molecule has 0 fully saturated rings. The Morgan fingerprint density at radius 1 is 1.33 bits per heavy atom. The van der Waals surface area contributed by atoms with Crippen LogP contribution >= 0.6 is 0 Å². The van der Waals surface area contributed by atoms with Gasteiger partial charge in [0.05, 0.1) is 18.0 Å². The minimum Gasteiger partial charge on any atom is -0.490 e. The summed E-state index contributed by atoms with van der Waals surface area (Å²) in [6.45, 7) is 0.608. The van der Waals surface area contributed by atoms with E-state index < -0.39 is 16.1 Å². The smallest absolute Gasteiger partial charge is 0.241 e. The second kappa shape index (κ2) is 6.42. The van der Waals surface area contributed by atoms with Gasteiger partial charge in [-0.1, -0.05) is 12.1 Å². The van der Waals surface area contributed by atoms with E-state index in [1.807, 2.05) is 0 Å². The molecule has 21 heavy (non-hydrogen) atoms. The topological polar surface area (TPSA) is 102 Å². The summed E-state index contributed by atoms with van der Waals surface area (Å²) in [6, 6.07) is 6.20. The number of hydrogen-bond acceptors (Lipinski definition) is 5. The van der Waals surface area contributed by atoms with Gasteiger partial charge in [-0.05, 0) is 18.6 Å². The quantitative estimate of drug-likeness (QED) is 0.759. The van der Waals surface area contributed by atoms with Gasteiger partial charge in [-0.15, -0.1) is 0 Å². The number of nitrogens with two attached hydrogens (primary N) is 1. The summed E-state index contributed by atoms with van der Waals surface area (Å²) < 4.78 is 30.2. The summed E-state index contributed by atoms with van der Waals surface area (Å²) >= 11 is 0. The summed E-state index contributed by atoms with van der Waals surface area (Å²) in [4.78, 5) is 12.0. The lowest BCUT2D eigenvalue weighted by atomic mass is 10.2. The Kier molecular flexibility index (Phi) is 4.81. The molecular weight excluding hydrogens is 294 g/mol. The number of carbonyl (C=O) groups excluding carboxylic acids is 1. The van der Waals surface area contributed by atoms with Crippen LogP contribution in [-0.4, -0.2) is 50.6 Å². The van der Waals surface area contributed by atoms with Crippen LogP contribution in [0.25, 0.3) is 0 Å². The van der Waals surface area contributed by atoms with E-state index in [9.17, 15) is 13.2 Å². The number of anilines is 1. The molecule has 1 amide bonds. The molecule has 3 N–H and O–H groups in total. The molecule has 1 aliphatic rings. The van der Waals surface area contributed by atoms with Crippen molar-refractivity contribution in [2.45, 2.75) is 12.5 Å². The van der Waals surface area contributed by atoms with Gasteiger partial charge in [0, 0.05) is 13.1 Å². The van der Waals surface area contributed by atoms with Crippen molar-refractivity contribution in [1.29, 1.82) is 0 Å². The monoisotopic (exact) mass is 313 g/mol. The minimum absolute atomic E-state index is 0.188. The van der Waals surface area contributed by atoms with E-state index in [1.165, 1.54) is 4.31 Å². The van der Waals surface area contributed by atoms with E-state index in [-0.39, 0.29) is 32.0 Å². The molecule has 1 aromatic carbocycles. The standard InChI is InChI=1S/C13H19N3O4S/c1-21(18,19)16-7-6-10(14)13(17)15-11-4-2-3-5-12(11)20-9-8-16/h2-5,10H,6-9,14H2,1H3,(H,15,17). The number of benzene rings is 1. The van der Waals surface area contributed by atoms with E-state index in [0.717, 1.165) is 6.26 Å². The van der Waals surface area contributed by atoms with Gasteiger partial charge in [-0.2, -0.15) is 4.31 Å². The Morgan fingerprint density at radius 3 is 2.76 bits per heavy atom. The third-order valence-corrected chi connectivity index (χ3v) is 4.54. The van der Waals surface area contributed by atoms with E-state index in [0.29, 0.717) is 11.4 Å². The number of ether oxygens (including phenoxy) is 1. The maximum Gasteiger partial charge on any atom is 0.241 e. The van der Waals surface area contributed by atoms with Gasteiger partial charge < -0.3 is 15.8 Å². The molecule has 1 unspecified atom stereocenters. The molecule has 0 saturated carbocycles. The molecule has 0 saturated heterocycles. The molecule has 0 bridgehead atoms. The molecule has 0 spiro atoms. The fourth-order valence-electron chi connectivity index (χ4n) is 2.04. The van der Waals surface area contributed by atoms with Gasteiger partial charge in [0.2, 0.25) is 15.9 Å². The summed E-state index contributed by atoms with van der Waals surface area (Å²) in [5.74, 6) is 0.134. The molecular formula is C13H19N3O4S. The first-order chi connectivity index (χ1) is 9.88. The van der Waals surface area contributed by atoms with Crippen LogP contribution in [0.1, 0.15) is 6.42 Å². The molecule has 1 heterocycles. The highest BCUT2D eigenvalue weighted by Crippen LogP contribution is 2.24. The third kappa shape index (κ3) is 4.16. The van der Waals surface area contributed by atoms with Crippen molar-refractivity contribution >= 4 is 21.6 Å². The van der Waals surface area contributed by atoms with Crippen LogP contribution in [0.2, 0.25) is 0 Å². The maximum absolute atomic E-state index is 12.0. The third-order valence-electron chi connectivity index (χ3n) is 3.24. The first kappa shape index (κ1) is 15.7. The first-order valence-electron chi connectivity index (χ1n) is 6.61. The zero-order valence-corrected chi connectivity index (χ0v) is 12.6. The fourth-order valence-corrected chi connectivity index (χ4v) is 2.88. The number of hydrogen-bond donors (Lipinski definition) is 2. The summed E-state index contributed by atoms with van der Waals surface area (Å²) in [5.41, 5.74) is 6.34. The van der Waals surface area contributed by atoms with Crippen molar-refractivity contribution in [1.82, 2.24) is 4.31 Å². The highest BCUT2D eigenvalue weighted by Gasteiger charge is 2.22. The lowest BCUT2D eigenvalue weighted by Crippen LogP contribution is -2.41. The van der Waals surface area contributed by atoms with Crippen molar-refractivity contribution in [2.75, 3.05) is 31.3 Å². The molecule has 8 heteroatoms. The molecule has 7 nitrogen and oxygen atoms in total. The minimum atomic E-state index is -3.36. The number of fused-ring (bicyclic) bond motifs is 1. The van der Waals surface area contributed by atoms with Crippen molar-refractivity contribution in [3.8, 4) is 5.75 Å². The molecule has 2 rings (SSSR count). The van der Waals surface area contributed by atoms with E-state index in [1.54, 1.807) is 24.3 Å². The number of rotatable bonds is 1. The average Bonchev–Trinajstić information content (AvgIpc) is 2.44. The highest BCUT2D eigenvalue weighted by molar-refractivity contribution is 7.88. The predicted octanol–water partition coefficient (Wildman–Crippen LogP) is -0.00350. The van der Waals surface area contributed by atoms with Crippen LogP contribution in [0.5, 0.6) is 5.75 Å². The van der Waals surface area contributed by atoms with Crippen LogP contribution < -0.4 is 15.8 Å². The lowest BCUT2D eigenvalue weighted by Gasteiger charge is -2.20. The zero-order valence-electron chi connectivity index (χ0n) is 11.8. The maximum atomic E-state index is 12.0. The summed E-state index contributed by atoms with van der Waals surface area (Å²) in [6.07, 6.45) is 1.38. The SMILES string of the molecule is CS(=O)(=O)N1CCOc2ccccc2NC(=O)C(N)CC1. The van der Waals surface area contributed by atoms with Gasteiger partial charge in [0.25, 0.3) is 0 Å². The number of amides is 1. The average molecular weight is 313 g/mol. The van der Waals surface area contributed by atoms with Crippen LogP contribution in [0.15, 0.2) is 24.3 Å². The van der Waals surface area contributed by atoms with Gasteiger partial charge in [-0.3, -0.25) is 4.79 Å². The Morgan fingerprint density at radius 2 is 2.05 bits per heavy atom. The Balaban J connectivity index is 2.25. The second-order valence-electron chi connectivity index (χ2n) is 4.89. The van der Waals surface area contributed by atoms with Crippen LogP contribution in [-0.2, 0) is 14.8 Å². The van der Waals surface area contributed by atoms with Crippen molar-refractivity contribution in [3.05, 3.63) is 24.3 Å². The van der Waals surface area contributed by atoms with Crippen molar-refractivity contribution in [2.24, 2.45) is 5.73 Å². The second-order valence-corrected chi connectivity index (χ2v) is 6.87. The molecule has 1 atom stereocenters. The Hall–Kier alpha value is -1.64. The van der Waals surface area contributed by atoms with E-state index in [4.69, 9.17) is 10.5 Å². The molecule has 0 aliphatic carbocycles. The highest BCUT2D eigenvalue weighted by atomic mass is 32.2. The number of nitrogens with zero attached hydrogens (tertiary/aromatic N) is 1. The number of carbonyl (C=O) groups is 1. The van der Waals surface area contributed by atoms with E-state index >= 15 is 0 Å². The molecule has 0 aromatic heterocycles. The molecule has 1 aromatic rings. The summed E-state index contributed by atoms with van der Waals surface area (Å²) in [5, 5.41) is 2.70. The molecule has 116 valence electrons. The fraction of sp³-hybridized carbons (Fsp3) is 0.462. The number of para-hydroxylation sites is 2. The Labute approximate surface area is 124 Å². The van der Waals surface area contributed by atoms with Crippen molar-refractivity contribution < 1.29 is 17.9 Å². The number of nitrogens with one attached hydrogen (secondary N) is 1. The van der Waals surface area contributed by atoms with Crippen LogP contribution in [0.3, 0.4) is 0 Å². The zero-order chi connectivity index (χ0) is 15.5. The van der Waals surface area contributed by atoms with Crippen molar-refractivity contribution in [3.63, 3.8) is 0 Å². The van der Waals surface area contributed by atoms with Gasteiger partial charge in [0.1, 0.15) is 12.4 Å². The summed E-state index contributed by atoms with van der Waals surface area (Å²) in [7, 11) is -3.36. The molecule has 1 aliphatic heterocycles. The number of sulfonamides is 1. The largest absolute Gasteiger partial charge is 0.490 e. The predicted molar refractivity (Wildman–Crippen MR) is 79.6 cm³/mol. The molecule has 0 radical (unpaired) electrons. The van der Waals surface area contributed by atoms with Crippen LogP contribution in [0, 0.1) is 0 Å². The lowest BCUT2D eigenvalue weighted by molar-refractivity contribution is -0.117. The first-order valence-corrected chi connectivity index (χ1v) is 8.46. The van der Waals surface area contributed by atoms with Crippen LogP contribution in [0.4, 0.5) is 5.69 Å². The van der Waals surface area contributed by atoms with Gasteiger partial charge in [-0.25, -0.2) is 8.42 Å². The van der Waals surface area contributed by atoms with Gasteiger partial charge in [0.15, 0.2) is 0 Å². The van der Waals surface area contributed by atoms with Gasteiger partial charge >= 0.3 is 0 Å². The normalized spacial score (nSPS) is 21.6. The Bertz CT molecular complexity index is 618. The van der Waals surface area contributed by atoms with E-state index in [2.05, 4.69) is 5.32 Å².